The Morgan fingerprint density at radius 3 is 2.48 bits per heavy atom. The molecule has 2 fully saturated rings. The summed E-state index contributed by atoms with van der Waals surface area (Å²) in [6.45, 7) is 0. The van der Waals surface area contributed by atoms with Gasteiger partial charge in [0, 0.05) is 17.3 Å². The van der Waals surface area contributed by atoms with Crippen LogP contribution < -0.4 is 10.0 Å². The van der Waals surface area contributed by atoms with Crippen LogP contribution in [0.15, 0.2) is 53.4 Å². The van der Waals surface area contributed by atoms with Crippen molar-refractivity contribution >= 4 is 33.2 Å². The Bertz CT molecular complexity index is 962. The third kappa shape index (κ3) is 3.82. The molecule has 3 atom stereocenters. The van der Waals surface area contributed by atoms with E-state index in [-0.39, 0.29) is 21.9 Å². The molecule has 0 spiro atoms. The zero-order valence-electron chi connectivity index (χ0n) is 14.7. The lowest BCUT2D eigenvalue weighted by molar-refractivity contribution is 0.0922. The molecule has 5 nitrogen and oxygen atoms in total. The molecule has 2 bridgehead atoms. The second kappa shape index (κ2) is 7.17. The Morgan fingerprint density at radius 2 is 1.81 bits per heavy atom. The predicted molar refractivity (Wildman–Crippen MR) is 105 cm³/mol. The summed E-state index contributed by atoms with van der Waals surface area (Å²) in [6, 6.07) is 13.1. The molecule has 0 saturated heterocycles. The molecule has 4 rings (SSSR count). The molecule has 142 valence electrons. The lowest BCUT2D eigenvalue weighted by Crippen LogP contribution is -2.38. The molecule has 1 amide bonds. The average Bonchev–Trinajstić information content (AvgIpc) is 3.25. The summed E-state index contributed by atoms with van der Waals surface area (Å²) in [6.07, 6.45) is 4.62. The molecule has 0 heterocycles. The Hall–Kier alpha value is -2.05. The first-order chi connectivity index (χ1) is 12.9. The molecule has 27 heavy (non-hydrogen) atoms. The normalized spacial score (nSPS) is 24.0. The summed E-state index contributed by atoms with van der Waals surface area (Å²) in [4.78, 5) is 12.6. The first-order valence-electron chi connectivity index (χ1n) is 9.10. The number of carbonyl (C=O) groups excluding carboxylic acids is 1. The minimum absolute atomic E-state index is 0.0786. The van der Waals surface area contributed by atoms with Gasteiger partial charge in [0.2, 0.25) is 0 Å². The molecule has 2 saturated carbocycles. The highest BCUT2D eigenvalue weighted by atomic mass is 35.5. The van der Waals surface area contributed by atoms with Crippen molar-refractivity contribution in [3.63, 3.8) is 0 Å². The highest BCUT2D eigenvalue weighted by molar-refractivity contribution is 7.92. The van der Waals surface area contributed by atoms with Crippen LogP contribution in [0.1, 0.15) is 36.0 Å². The van der Waals surface area contributed by atoms with Crippen molar-refractivity contribution in [3.05, 3.63) is 59.1 Å². The van der Waals surface area contributed by atoms with Crippen molar-refractivity contribution in [3.8, 4) is 0 Å². The molecular formula is C20H21ClN2O3S. The van der Waals surface area contributed by atoms with Crippen LogP contribution >= 0.6 is 11.6 Å². The smallest absolute Gasteiger partial charge is 0.263 e. The van der Waals surface area contributed by atoms with Gasteiger partial charge in [0.25, 0.3) is 15.9 Å². The van der Waals surface area contributed by atoms with Gasteiger partial charge in [-0.3, -0.25) is 9.52 Å². The van der Waals surface area contributed by atoms with Crippen LogP contribution in [0, 0.1) is 11.8 Å². The monoisotopic (exact) mass is 404 g/mol. The Labute approximate surface area is 164 Å². The Balaban J connectivity index is 1.55. The van der Waals surface area contributed by atoms with Gasteiger partial charge in [-0.15, -0.1) is 0 Å². The van der Waals surface area contributed by atoms with Gasteiger partial charge in [-0.2, -0.15) is 0 Å². The van der Waals surface area contributed by atoms with Crippen molar-refractivity contribution in [2.24, 2.45) is 11.8 Å². The van der Waals surface area contributed by atoms with Crippen LogP contribution in [0.25, 0.3) is 0 Å². The second-order valence-electron chi connectivity index (χ2n) is 7.37. The number of anilines is 1. The quantitative estimate of drug-likeness (QED) is 0.789. The molecule has 2 aromatic carbocycles. The first-order valence-corrected chi connectivity index (χ1v) is 11.0. The van der Waals surface area contributed by atoms with E-state index in [1.807, 2.05) is 0 Å². The first kappa shape index (κ1) is 18.3. The number of halogens is 1. The van der Waals surface area contributed by atoms with Gasteiger partial charge in [0.05, 0.1) is 5.02 Å². The van der Waals surface area contributed by atoms with Gasteiger partial charge in [0.15, 0.2) is 0 Å². The molecule has 0 unspecified atom stereocenters. The largest absolute Gasteiger partial charge is 0.349 e. The number of benzene rings is 2. The number of para-hydroxylation sites is 1. The standard InChI is InChI=1S/C20H21ClN2O3S/c21-17-9-8-15(20(24)22-18-11-13-6-7-14(18)10-13)12-19(17)27(25,26)23-16-4-2-1-3-5-16/h1-5,8-9,12-14,18,23H,6-7,10-11H2,(H,22,24)/t13-,14-,18-/m1/s1. The van der Waals surface area contributed by atoms with Crippen molar-refractivity contribution in [2.45, 2.75) is 36.6 Å². The number of hydrogen-bond acceptors (Lipinski definition) is 3. The molecule has 2 aromatic rings. The van der Waals surface area contributed by atoms with Crippen LogP contribution in [-0.2, 0) is 10.0 Å². The number of sulfonamides is 1. The fourth-order valence-corrected chi connectivity index (χ4v) is 5.83. The minimum atomic E-state index is -3.90. The number of nitrogens with one attached hydrogen (secondary N) is 2. The van der Waals surface area contributed by atoms with Crippen LogP contribution in [0.5, 0.6) is 0 Å². The third-order valence-electron chi connectivity index (χ3n) is 5.56. The van der Waals surface area contributed by atoms with Gasteiger partial charge in [-0.1, -0.05) is 36.2 Å². The van der Waals surface area contributed by atoms with Crippen LogP contribution in [0.3, 0.4) is 0 Å². The van der Waals surface area contributed by atoms with E-state index < -0.39 is 10.0 Å². The lowest BCUT2D eigenvalue weighted by Gasteiger charge is -2.23. The van der Waals surface area contributed by atoms with E-state index in [1.165, 1.54) is 25.0 Å². The van der Waals surface area contributed by atoms with Crippen molar-refractivity contribution < 1.29 is 13.2 Å². The third-order valence-corrected chi connectivity index (χ3v) is 7.43. The summed E-state index contributed by atoms with van der Waals surface area (Å²) in [5.41, 5.74) is 0.737. The van der Waals surface area contributed by atoms with E-state index in [4.69, 9.17) is 11.6 Å². The van der Waals surface area contributed by atoms with Crippen LogP contribution in [-0.4, -0.2) is 20.4 Å². The summed E-state index contributed by atoms with van der Waals surface area (Å²) >= 11 is 6.12. The summed E-state index contributed by atoms with van der Waals surface area (Å²) in [5, 5.41) is 3.16. The molecule has 2 N–H and O–H groups in total. The number of rotatable bonds is 5. The summed E-state index contributed by atoms with van der Waals surface area (Å²) in [7, 11) is -3.90. The molecule has 0 aliphatic heterocycles. The fourth-order valence-electron chi connectivity index (χ4n) is 4.24. The Morgan fingerprint density at radius 1 is 1.04 bits per heavy atom. The van der Waals surface area contributed by atoms with E-state index >= 15 is 0 Å². The van der Waals surface area contributed by atoms with Gasteiger partial charge in [-0.25, -0.2) is 8.42 Å². The van der Waals surface area contributed by atoms with E-state index in [1.54, 1.807) is 36.4 Å². The SMILES string of the molecule is O=C(N[C@@H]1C[C@@H]2CC[C@@H]1C2)c1ccc(Cl)c(S(=O)(=O)Nc2ccccc2)c1. The van der Waals surface area contributed by atoms with Crippen molar-refractivity contribution in [1.29, 1.82) is 0 Å². The number of amides is 1. The lowest BCUT2D eigenvalue weighted by atomic mass is 9.95. The molecule has 7 heteroatoms. The van der Waals surface area contributed by atoms with Crippen molar-refractivity contribution in [2.75, 3.05) is 4.72 Å². The van der Waals surface area contributed by atoms with E-state index in [0.717, 1.165) is 18.8 Å². The summed E-state index contributed by atoms with van der Waals surface area (Å²) in [5.74, 6) is 1.02. The van der Waals surface area contributed by atoms with Crippen LogP contribution in [0.2, 0.25) is 5.02 Å². The summed E-state index contributed by atoms with van der Waals surface area (Å²) < 4.78 is 27.9. The van der Waals surface area contributed by atoms with Gasteiger partial charge in [-0.05, 0) is 61.4 Å². The zero-order valence-corrected chi connectivity index (χ0v) is 16.3. The molecule has 0 radical (unpaired) electrons. The number of carbonyl (C=O) groups is 1. The van der Waals surface area contributed by atoms with Gasteiger partial charge < -0.3 is 5.32 Å². The van der Waals surface area contributed by atoms with Gasteiger partial charge in [0.1, 0.15) is 4.90 Å². The maximum absolute atomic E-state index is 12.7. The second-order valence-corrected chi connectivity index (χ2v) is 9.43. The highest BCUT2D eigenvalue weighted by Crippen LogP contribution is 2.44. The molecule has 2 aliphatic rings. The molecule has 2 aliphatic carbocycles. The molecule has 0 aromatic heterocycles. The predicted octanol–water partition coefficient (Wildman–Crippen LogP) is 4.06. The maximum atomic E-state index is 12.7. The topological polar surface area (TPSA) is 75.3 Å². The van der Waals surface area contributed by atoms with E-state index in [0.29, 0.717) is 17.2 Å². The maximum Gasteiger partial charge on any atom is 0.263 e. The average molecular weight is 405 g/mol. The van der Waals surface area contributed by atoms with Crippen molar-refractivity contribution in [1.82, 2.24) is 5.32 Å². The van der Waals surface area contributed by atoms with E-state index in [9.17, 15) is 13.2 Å². The van der Waals surface area contributed by atoms with E-state index in [2.05, 4.69) is 10.0 Å². The number of fused-ring (bicyclic) bond motifs is 2. The van der Waals surface area contributed by atoms with Gasteiger partial charge >= 0.3 is 0 Å². The number of hydrogen-bond donors (Lipinski definition) is 2. The zero-order chi connectivity index (χ0) is 19.0. The fraction of sp³-hybridized carbons (Fsp3) is 0.350. The molecular weight excluding hydrogens is 384 g/mol. The minimum Gasteiger partial charge on any atom is -0.349 e. The highest BCUT2D eigenvalue weighted by Gasteiger charge is 2.40. The van der Waals surface area contributed by atoms with Crippen LogP contribution in [0.4, 0.5) is 5.69 Å². The Kier molecular flexibility index (Phi) is 4.86.